The molecule has 1 aliphatic heterocycles. The Morgan fingerprint density at radius 3 is 3.04 bits per heavy atom. The Morgan fingerprint density at radius 1 is 1.22 bits per heavy atom. The highest BCUT2D eigenvalue weighted by Gasteiger charge is 2.22. The summed E-state index contributed by atoms with van der Waals surface area (Å²) in [5.41, 5.74) is 0.946. The molecule has 1 atom stereocenters. The topological polar surface area (TPSA) is 66.8 Å². The van der Waals surface area contributed by atoms with E-state index in [0.29, 0.717) is 6.04 Å². The maximum Gasteiger partial charge on any atom is 0.151 e. The lowest BCUT2D eigenvalue weighted by Crippen LogP contribution is -2.42. The number of thiophene rings is 1. The van der Waals surface area contributed by atoms with Crippen molar-refractivity contribution in [3.8, 4) is 0 Å². The Bertz CT molecular complexity index is 800. The van der Waals surface area contributed by atoms with Crippen molar-refractivity contribution in [3.05, 3.63) is 35.6 Å². The molecule has 118 valence electrons. The fourth-order valence-electron chi connectivity index (χ4n) is 2.96. The van der Waals surface area contributed by atoms with E-state index in [4.69, 9.17) is 0 Å². The molecule has 0 aliphatic carbocycles. The number of nitrogens with zero attached hydrogens (tertiary/aromatic N) is 5. The van der Waals surface area contributed by atoms with Gasteiger partial charge in [0.2, 0.25) is 0 Å². The maximum absolute atomic E-state index is 4.42. The van der Waals surface area contributed by atoms with Gasteiger partial charge in [-0.05, 0) is 43.3 Å². The highest BCUT2D eigenvalue weighted by Crippen LogP contribution is 2.26. The molecule has 0 spiro atoms. The van der Waals surface area contributed by atoms with Gasteiger partial charge in [0.1, 0.15) is 17.0 Å². The van der Waals surface area contributed by atoms with Crippen LogP contribution >= 0.6 is 11.3 Å². The Labute approximate surface area is 138 Å². The van der Waals surface area contributed by atoms with Crippen LogP contribution in [0.1, 0.15) is 18.5 Å². The zero-order valence-corrected chi connectivity index (χ0v) is 13.8. The van der Waals surface area contributed by atoms with E-state index in [-0.39, 0.29) is 0 Å². The number of aryl methyl sites for hydroxylation is 1. The first-order valence-electron chi connectivity index (χ1n) is 7.79. The van der Waals surface area contributed by atoms with Crippen LogP contribution in [-0.4, -0.2) is 39.3 Å². The van der Waals surface area contributed by atoms with Crippen LogP contribution in [0.4, 0.5) is 11.6 Å². The van der Waals surface area contributed by atoms with Crippen LogP contribution in [0, 0.1) is 6.92 Å². The fraction of sp³-hybridized carbons (Fsp3) is 0.375. The second-order valence-corrected chi connectivity index (χ2v) is 6.72. The van der Waals surface area contributed by atoms with Crippen molar-refractivity contribution in [1.82, 2.24) is 20.2 Å². The second-order valence-electron chi connectivity index (χ2n) is 5.82. The van der Waals surface area contributed by atoms with Gasteiger partial charge in [-0.2, -0.15) is 5.10 Å². The minimum Gasteiger partial charge on any atom is -0.365 e. The number of aromatic nitrogens is 4. The molecule has 0 aromatic carbocycles. The van der Waals surface area contributed by atoms with Gasteiger partial charge in [0.15, 0.2) is 5.82 Å². The molecule has 1 N–H and O–H groups in total. The van der Waals surface area contributed by atoms with E-state index in [0.717, 1.165) is 53.5 Å². The van der Waals surface area contributed by atoms with Crippen LogP contribution in [0.25, 0.3) is 10.2 Å². The quantitative estimate of drug-likeness (QED) is 0.798. The molecular weight excluding hydrogens is 308 g/mol. The predicted octanol–water partition coefficient (Wildman–Crippen LogP) is 2.87. The van der Waals surface area contributed by atoms with Crippen LogP contribution in [-0.2, 0) is 0 Å². The zero-order chi connectivity index (χ0) is 15.6. The van der Waals surface area contributed by atoms with E-state index >= 15 is 0 Å². The first-order valence-corrected chi connectivity index (χ1v) is 8.67. The molecule has 6 nitrogen and oxygen atoms in total. The van der Waals surface area contributed by atoms with Crippen molar-refractivity contribution in [2.75, 3.05) is 23.3 Å². The smallest absolute Gasteiger partial charge is 0.151 e. The van der Waals surface area contributed by atoms with Gasteiger partial charge in [-0.1, -0.05) is 0 Å². The van der Waals surface area contributed by atoms with Crippen molar-refractivity contribution in [2.45, 2.75) is 25.8 Å². The average Bonchev–Trinajstić information content (AvgIpc) is 3.06. The first-order chi connectivity index (χ1) is 11.3. The summed E-state index contributed by atoms with van der Waals surface area (Å²) in [4.78, 5) is 12.0. The highest BCUT2D eigenvalue weighted by molar-refractivity contribution is 7.16. The minimum atomic E-state index is 0.352. The third kappa shape index (κ3) is 2.96. The Hall–Kier alpha value is -2.28. The van der Waals surface area contributed by atoms with Gasteiger partial charge in [0.25, 0.3) is 0 Å². The number of anilines is 2. The molecule has 0 radical (unpaired) electrons. The van der Waals surface area contributed by atoms with Crippen LogP contribution in [0.5, 0.6) is 0 Å². The minimum absolute atomic E-state index is 0.352. The van der Waals surface area contributed by atoms with Gasteiger partial charge in [0.05, 0.1) is 11.1 Å². The van der Waals surface area contributed by atoms with E-state index in [1.807, 2.05) is 19.1 Å². The average molecular weight is 326 g/mol. The number of nitrogens with one attached hydrogen (secondary N) is 1. The SMILES string of the molecule is Cc1ccc(N2CCC[C@@H](Nc3ncnc4sccc34)C2)nn1. The van der Waals surface area contributed by atoms with E-state index < -0.39 is 0 Å². The van der Waals surface area contributed by atoms with Crippen molar-refractivity contribution in [2.24, 2.45) is 0 Å². The molecule has 0 amide bonds. The van der Waals surface area contributed by atoms with Gasteiger partial charge in [-0.15, -0.1) is 16.4 Å². The van der Waals surface area contributed by atoms with E-state index in [9.17, 15) is 0 Å². The number of rotatable bonds is 3. The van der Waals surface area contributed by atoms with Gasteiger partial charge < -0.3 is 10.2 Å². The number of fused-ring (bicyclic) bond motifs is 1. The predicted molar refractivity (Wildman–Crippen MR) is 93.0 cm³/mol. The molecule has 3 aromatic heterocycles. The second kappa shape index (κ2) is 6.08. The van der Waals surface area contributed by atoms with Gasteiger partial charge >= 0.3 is 0 Å². The highest BCUT2D eigenvalue weighted by atomic mass is 32.1. The molecule has 1 aliphatic rings. The normalized spacial score (nSPS) is 18.3. The molecule has 3 aromatic rings. The lowest BCUT2D eigenvalue weighted by molar-refractivity contribution is 0.524. The molecule has 4 heterocycles. The monoisotopic (exact) mass is 326 g/mol. The van der Waals surface area contributed by atoms with Crippen molar-refractivity contribution in [1.29, 1.82) is 0 Å². The summed E-state index contributed by atoms with van der Waals surface area (Å²) >= 11 is 1.64. The largest absolute Gasteiger partial charge is 0.365 e. The summed E-state index contributed by atoms with van der Waals surface area (Å²) in [7, 11) is 0. The molecule has 0 bridgehead atoms. The van der Waals surface area contributed by atoms with E-state index in [1.165, 1.54) is 0 Å². The Kier molecular flexibility index (Phi) is 3.78. The van der Waals surface area contributed by atoms with E-state index in [1.54, 1.807) is 17.7 Å². The van der Waals surface area contributed by atoms with Crippen LogP contribution < -0.4 is 10.2 Å². The summed E-state index contributed by atoms with van der Waals surface area (Å²) < 4.78 is 0. The summed E-state index contributed by atoms with van der Waals surface area (Å²) in [6.45, 7) is 3.89. The van der Waals surface area contributed by atoms with E-state index in [2.05, 4.69) is 41.8 Å². The summed E-state index contributed by atoms with van der Waals surface area (Å²) in [6, 6.07) is 6.49. The van der Waals surface area contributed by atoms with Gasteiger partial charge in [0, 0.05) is 19.1 Å². The fourth-order valence-corrected chi connectivity index (χ4v) is 3.69. The summed E-state index contributed by atoms with van der Waals surface area (Å²) in [5.74, 6) is 1.88. The third-order valence-electron chi connectivity index (χ3n) is 4.13. The Balaban J connectivity index is 1.51. The van der Waals surface area contributed by atoms with Crippen molar-refractivity contribution >= 4 is 33.2 Å². The number of hydrogen-bond donors (Lipinski definition) is 1. The molecule has 1 fully saturated rings. The molecule has 4 rings (SSSR count). The summed E-state index contributed by atoms with van der Waals surface area (Å²) in [5, 5.41) is 15.2. The number of hydrogen-bond acceptors (Lipinski definition) is 7. The van der Waals surface area contributed by atoms with Crippen LogP contribution in [0.15, 0.2) is 29.9 Å². The molecule has 0 saturated carbocycles. The van der Waals surface area contributed by atoms with Crippen molar-refractivity contribution in [3.63, 3.8) is 0 Å². The Morgan fingerprint density at radius 2 is 2.17 bits per heavy atom. The standard InChI is InChI=1S/C16H18N6S/c1-11-4-5-14(21-20-11)22-7-2-3-12(9-22)19-15-13-6-8-23-16(13)18-10-17-15/h4-6,8,10,12H,2-3,7,9H2,1H3,(H,17,18,19)/t12-/m1/s1. The molecule has 7 heteroatoms. The van der Waals surface area contributed by atoms with Crippen LogP contribution in [0.3, 0.4) is 0 Å². The maximum atomic E-state index is 4.42. The zero-order valence-electron chi connectivity index (χ0n) is 12.9. The molecule has 23 heavy (non-hydrogen) atoms. The van der Waals surface area contributed by atoms with Gasteiger partial charge in [-0.25, -0.2) is 9.97 Å². The van der Waals surface area contributed by atoms with Crippen molar-refractivity contribution < 1.29 is 0 Å². The van der Waals surface area contributed by atoms with Gasteiger partial charge in [-0.3, -0.25) is 0 Å². The lowest BCUT2D eigenvalue weighted by atomic mass is 10.1. The molecular formula is C16H18N6S. The van der Waals surface area contributed by atoms with Crippen LogP contribution in [0.2, 0.25) is 0 Å². The summed E-state index contributed by atoms with van der Waals surface area (Å²) in [6.07, 6.45) is 3.89. The molecule has 1 saturated heterocycles. The third-order valence-corrected chi connectivity index (χ3v) is 4.95. The lowest BCUT2D eigenvalue weighted by Gasteiger charge is -2.34. The number of piperidine rings is 1. The molecule has 0 unspecified atom stereocenters. The first kappa shape index (κ1) is 14.3.